The van der Waals surface area contributed by atoms with Crippen LogP contribution in [-0.4, -0.2) is 20.2 Å². The number of aryl methyl sites for hydroxylation is 2. The number of rotatable bonds is 2. The van der Waals surface area contributed by atoms with Crippen molar-refractivity contribution in [1.29, 1.82) is 0 Å². The number of fused-ring (bicyclic) bond motifs is 1. The summed E-state index contributed by atoms with van der Waals surface area (Å²) in [5.41, 5.74) is 4.34. The molecule has 1 saturated heterocycles. The number of pyridine rings is 2. The lowest BCUT2D eigenvalue weighted by Gasteiger charge is -2.10. The van der Waals surface area contributed by atoms with Crippen molar-refractivity contribution in [3.63, 3.8) is 0 Å². The van der Waals surface area contributed by atoms with E-state index in [0.717, 1.165) is 11.1 Å². The molecule has 4 nitrogen and oxygen atoms in total. The number of aromatic nitrogens is 2. The number of carbonyl (C=O) groups excluding carboxylic acids is 1. The maximum atomic E-state index is 14.1. The van der Waals surface area contributed by atoms with Crippen molar-refractivity contribution in [2.45, 2.75) is 13.8 Å². The molecule has 1 aromatic carbocycles. The van der Waals surface area contributed by atoms with Gasteiger partial charge in [0.25, 0.3) is 5.91 Å². The van der Waals surface area contributed by atoms with E-state index in [1.807, 2.05) is 32.0 Å². The number of thioether (sulfide) groups is 1. The molecule has 7 heteroatoms. The Bertz CT molecular complexity index is 1160. The molecule has 3 heterocycles. The highest BCUT2D eigenvalue weighted by molar-refractivity contribution is 8.26. The fourth-order valence-corrected chi connectivity index (χ4v) is 3.97. The van der Waals surface area contributed by atoms with Gasteiger partial charge >= 0.3 is 0 Å². The Morgan fingerprint density at radius 2 is 1.96 bits per heavy atom. The standard InChI is InChI=1S/C20H14FN3OS2/c1-10-6-7-14(21)13-8-11(2)18(23-17(10)13)15-5-3-4-12(22-15)9-16-19(25)24-20(26)27-16/h3-9H,1-2H3,(H,24,25,26)/b16-9-. The Morgan fingerprint density at radius 3 is 2.70 bits per heavy atom. The molecule has 0 bridgehead atoms. The zero-order chi connectivity index (χ0) is 19.1. The molecule has 0 spiro atoms. The molecule has 0 unspecified atom stereocenters. The monoisotopic (exact) mass is 395 g/mol. The van der Waals surface area contributed by atoms with Gasteiger partial charge in [0.1, 0.15) is 10.1 Å². The van der Waals surface area contributed by atoms with Gasteiger partial charge in [-0.2, -0.15) is 0 Å². The Labute approximate surface area is 164 Å². The van der Waals surface area contributed by atoms with Gasteiger partial charge in [-0.3, -0.25) is 4.79 Å². The molecule has 0 aliphatic carbocycles. The summed E-state index contributed by atoms with van der Waals surface area (Å²) in [5.74, 6) is -0.507. The van der Waals surface area contributed by atoms with E-state index < -0.39 is 0 Å². The highest BCUT2D eigenvalue weighted by Crippen LogP contribution is 2.29. The molecule has 0 atom stereocenters. The van der Waals surface area contributed by atoms with Crippen molar-refractivity contribution in [2.24, 2.45) is 0 Å². The number of benzene rings is 1. The maximum absolute atomic E-state index is 14.1. The number of thiocarbonyl (C=S) groups is 1. The molecule has 0 radical (unpaired) electrons. The molecular weight excluding hydrogens is 381 g/mol. The average molecular weight is 395 g/mol. The molecule has 1 fully saturated rings. The van der Waals surface area contributed by atoms with Gasteiger partial charge < -0.3 is 5.32 Å². The van der Waals surface area contributed by atoms with Crippen molar-refractivity contribution in [3.05, 3.63) is 63.9 Å². The molecule has 3 aromatic rings. The molecule has 2 aromatic heterocycles. The zero-order valence-electron chi connectivity index (χ0n) is 14.5. The van der Waals surface area contributed by atoms with Gasteiger partial charge in [0.15, 0.2) is 0 Å². The number of carbonyl (C=O) groups is 1. The Kier molecular flexibility index (Phi) is 4.49. The van der Waals surface area contributed by atoms with Crippen LogP contribution in [0.4, 0.5) is 4.39 Å². The first-order valence-electron chi connectivity index (χ1n) is 8.21. The van der Waals surface area contributed by atoms with Crippen LogP contribution in [0, 0.1) is 19.7 Å². The van der Waals surface area contributed by atoms with Crippen LogP contribution in [0.25, 0.3) is 28.4 Å². The molecular formula is C20H14FN3OS2. The largest absolute Gasteiger partial charge is 0.307 e. The Morgan fingerprint density at radius 1 is 1.15 bits per heavy atom. The lowest BCUT2D eigenvalue weighted by atomic mass is 10.0. The van der Waals surface area contributed by atoms with Crippen LogP contribution >= 0.6 is 24.0 Å². The highest BCUT2D eigenvalue weighted by Gasteiger charge is 2.22. The second-order valence-corrected chi connectivity index (χ2v) is 7.93. The van der Waals surface area contributed by atoms with Gasteiger partial charge in [-0.1, -0.05) is 36.1 Å². The first-order valence-corrected chi connectivity index (χ1v) is 9.43. The molecule has 1 aliphatic heterocycles. The predicted molar refractivity (Wildman–Crippen MR) is 111 cm³/mol. The van der Waals surface area contributed by atoms with Crippen molar-refractivity contribution in [3.8, 4) is 11.4 Å². The van der Waals surface area contributed by atoms with E-state index in [9.17, 15) is 9.18 Å². The fraction of sp³-hybridized carbons (Fsp3) is 0.100. The van der Waals surface area contributed by atoms with Crippen LogP contribution in [-0.2, 0) is 4.79 Å². The van der Waals surface area contributed by atoms with E-state index >= 15 is 0 Å². The second-order valence-electron chi connectivity index (χ2n) is 6.21. The smallest absolute Gasteiger partial charge is 0.263 e. The third kappa shape index (κ3) is 3.36. The quantitative estimate of drug-likeness (QED) is 0.510. The van der Waals surface area contributed by atoms with Gasteiger partial charge in [0.2, 0.25) is 0 Å². The van der Waals surface area contributed by atoms with E-state index in [1.165, 1.54) is 17.8 Å². The van der Waals surface area contributed by atoms with Crippen molar-refractivity contribution >= 4 is 51.2 Å². The van der Waals surface area contributed by atoms with Gasteiger partial charge in [0.05, 0.1) is 27.5 Å². The van der Waals surface area contributed by atoms with Crippen molar-refractivity contribution in [2.75, 3.05) is 0 Å². The Hall–Kier alpha value is -2.64. The number of hydrogen-bond donors (Lipinski definition) is 1. The molecule has 1 N–H and O–H groups in total. The molecule has 0 saturated carbocycles. The van der Waals surface area contributed by atoms with Crippen LogP contribution in [0.3, 0.4) is 0 Å². The topological polar surface area (TPSA) is 54.9 Å². The summed E-state index contributed by atoms with van der Waals surface area (Å²) < 4.78 is 14.6. The van der Waals surface area contributed by atoms with Crippen LogP contribution in [0.5, 0.6) is 0 Å². The van der Waals surface area contributed by atoms with E-state index in [-0.39, 0.29) is 11.7 Å². The first kappa shape index (κ1) is 17.8. The summed E-state index contributed by atoms with van der Waals surface area (Å²) in [6, 6.07) is 10.5. The number of nitrogens with zero attached hydrogens (tertiary/aromatic N) is 2. The van der Waals surface area contributed by atoms with Gasteiger partial charge in [-0.15, -0.1) is 0 Å². The van der Waals surface area contributed by atoms with Crippen LogP contribution < -0.4 is 5.32 Å². The van der Waals surface area contributed by atoms with Crippen LogP contribution in [0.15, 0.2) is 41.3 Å². The van der Waals surface area contributed by atoms with Crippen LogP contribution in [0.2, 0.25) is 0 Å². The lowest BCUT2D eigenvalue weighted by molar-refractivity contribution is -0.115. The number of halogens is 1. The van der Waals surface area contributed by atoms with Gasteiger partial charge in [0, 0.05) is 5.39 Å². The van der Waals surface area contributed by atoms with Gasteiger partial charge in [-0.25, -0.2) is 14.4 Å². The van der Waals surface area contributed by atoms with E-state index in [1.54, 1.807) is 18.2 Å². The van der Waals surface area contributed by atoms with Crippen molar-refractivity contribution < 1.29 is 9.18 Å². The second kappa shape index (κ2) is 6.83. The van der Waals surface area contributed by atoms with E-state index in [4.69, 9.17) is 12.2 Å². The summed E-state index contributed by atoms with van der Waals surface area (Å²) in [6.07, 6.45) is 1.70. The highest BCUT2D eigenvalue weighted by atomic mass is 32.2. The molecule has 134 valence electrons. The average Bonchev–Trinajstić information content (AvgIpc) is 2.95. The zero-order valence-corrected chi connectivity index (χ0v) is 16.2. The minimum absolute atomic E-state index is 0.219. The fourth-order valence-electron chi connectivity index (χ4n) is 2.94. The first-order chi connectivity index (χ1) is 12.9. The normalized spacial score (nSPS) is 15.6. The SMILES string of the molecule is Cc1cc2c(F)ccc(C)c2nc1-c1cccc(/C=C2\SC(=S)NC2=O)n1. The predicted octanol–water partition coefficient (Wildman–Crippen LogP) is 4.54. The van der Waals surface area contributed by atoms with E-state index in [2.05, 4.69) is 15.3 Å². The van der Waals surface area contributed by atoms with E-state index in [0.29, 0.717) is 37.2 Å². The molecule has 1 amide bonds. The summed E-state index contributed by atoms with van der Waals surface area (Å²) in [6.45, 7) is 3.79. The van der Waals surface area contributed by atoms with Crippen molar-refractivity contribution in [1.82, 2.24) is 15.3 Å². The lowest BCUT2D eigenvalue weighted by Crippen LogP contribution is -2.17. The summed E-state index contributed by atoms with van der Waals surface area (Å²) in [4.78, 5) is 21.6. The van der Waals surface area contributed by atoms with Gasteiger partial charge in [-0.05, 0) is 55.3 Å². The minimum Gasteiger partial charge on any atom is -0.307 e. The molecule has 27 heavy (non-hydrogen) atoms. The van der Waals surface area contributed by atoms with Crippen LogP contribution in [0.1, 0.15) is 16.8 Å². The molecule has 4 rings (SSSR count). The maximum Gasteiger partial charge on any atom is 0.263 e. The minimum atomic E-state index is -0.288. The third-order valence-electron chi connectivity index (χ3n) is 4.26. The summed E-state index contributed by atoms with van der Waals surface area (Å²) in [5, 5.41) is 3.09. The third-order valence-corrected chi connectivity index (χ3v) is 5.42. The summed E-state index contributed by atoms with van der Waals surface area (Å²) in [7, 11) is 0. The Balaban J connectivity index is 1.82. The number of amides is 1. The number of hydrogen-bond acceptors (Lipinski definition) is 5. The molecule has 1 aliphatic rings. The number of nitrogens with one attached hydrogen (secondary N) is 1. The summed E-state index contributed by atoms with van der Waals surface area (Å²) >= 11 is 6.22.